The summed E-state index contributed by atoms with van der Waals surface area (Å²) < 4.78 is 6.24. The molecule has 0 aliphatic carbocycles. The van der Waals surface area contributed by atoms with Gasteiger partial charge in [0.2, 0.25) is 0 Å². The van der Waals surface area contributed by atoms with Crippen molar-refractivity contribution in [3.05, 3.63) is 119 Å². The summed E-state index contributed by atoms with van der Waals surface area (Å²) in [6.07, 6.45) is 0.00955. The van der Waals surface area contributed by atoms with E-state index in [1.54, 1.807) is 0 Å². The molecular weight excluding hydrogens is 452 g/mol. The molecule has 186 valence electrons. The van der Waals surface area contributed by atoms with Crippen molar-refractivity contribution in [3.63, 3.8) is 0 Å². The van der Waals surface area contributed by atoms with Crippen LogP contribution in [0.2, 0.25) is 0 Å². The minimum atomic E-state index is 0.00955. The van der Waals surface area contributed by atoms with E-state index in [1.165, 1.54) is 45.0 Å². The molecule has 5 aromatic rings. The van der Waals surface area contributed by atoms with Crippen LogP contribution in [0.4, 0.5) is 11.4 Å². The molecule has 0 fully saturated rings. The average Bonchev–Trinajstić information content (AvgIpc) is 3.38. The van der Waals surface area contributed by atoms with Crippen molar-refractivity contribution in [2.75, 3.05) is 9.80 Å². The zero-order valence-electron chi connectivity index (χ0n) is 22.5. The molecule has 0 saturated heterocycles. The number of hydrogen-bond donors (Lipinski definition) is 0. The molecule has 0 spiro atoms. The topological polar surface area (TPSA) is 19.6 Å². The van der Waals surface area contributed by atoms with Crippen LogP contribution in [0.5, 0.6) is 0 Å². The van der Waals surface area contributed by atoms with E-state index in [9.17, 15) is 0 Å². The van der Waals surface area contributed by atoms with Crippen LogP contribution in [0.3, 0.4) is 0 Å². The van der Waals surface area contributed by atoms with Crippen molar-refractivity contribution < 1.29 is 4.42 Å². The molecular formula is C34H34N2O. The molecule has 1 aliphatic rings. The maximum atomic E-state index is 6.24. The van der Waals surface area contributed by atoms with Gasteiger partial charge in [0.1, 0.15) is 17.3 Å². The van der Waals surface area contributed by atoms with E-state index in [4.69, 9.17) is 4.42 Å². The molecule has 3 nitrogen and oxygen atoms in total. The second-order valence-electron chi connectivity index (χ2n) is 10.6. The van der Waals surface area contributed by atoms with Gasteiger partial charge in [0.15, 0.2) is 0 Å². The van der Waals surface area contributed by atoms with Crippen LogP contribution in [-0.4, -0.2) is 0 Å². The lowest BCUT2D eigenvalue weighted by molar-refractivity contribution is 0.657. The molecule has 0 saturated carbocycles. The number of furan rings is 1. The number of allylic oxidation sites excluding steroid dienone is 2. The van der Waals surface area contributed by atoms with E-state index in [1.807, 2.05) is 6.07 Å². The Morgan fingerprint density at radius 3 is 2.03 bits per heavy atom. The van der Waals surface area contributed by atoms with Gasteiger partial charge in [-0.05, 0) is 80.6 Å². The number of fused-ring (bicyclic) bond motifs is 3. The number of para-hydroxylation sites is 2. The fourth-order valence-electron chi connectivity index (χ4n) is 6.22. The molecule has 6 rings (SSSR count). The molecule has 37 heavy (non-hydrogen) atoms. The van der Waals surface area contributed by atoms with E-state index >= 15 is 0 Å². The van der Waals surface area contributed by atoms with Crippen LogP contribution in [-0.2, 0) is 0 Å². The van der Waals surface area contributed by atoms with Crippen molar-refractivity contribution in [3.8, 4) is 0 Å². The zero-order valence-corrected chi connectivity index (χ0v) is 22.5. The minimum Gasteiger partial charge on any atom is -0.456 e. The summed E-state index contributed by atoms with van der Waals surface area (Å²) in [4.78, 5) is 5.13. The molecule has 0 bridgehead atoms. The van der Waals surface area contributed by atoms with E-state index in [-0.39, 0.29) is 6.17 Å². The van der Waals surface area contributed by atoms with Crippen molar-refractivity contribution in [2.45, 2.75) is 47.7 Å². The lowest BCUT2D eigenvalue weighted by atomic mass is 9.97. The molecule has 1 unspecified atom stereocenters. The molecule has 3 heteroatoms. The highest BCUT2D eigenvalue weighted by molar-refractivity contribution is 6.06. The summed E-state index contributed by atoms with van der Waals surface area (Å²) >= 11 is 0. The van der Waals surface area contributed by atoms with Crippen molar-refractivity contribution in [1.29, 1.82) is 0 Å². The first-order valence-electron chi connectivity index (χ1n) is 13.2. The highest BCUT2D eigenvalue weighted by Crippen LogP contribution is 2.50. The van der Waals surface area contributed by atoms with Gasteiger partial charge in [-0.25, -0.2) is 0 Å². The number of rotatable bonds is 4. The summed E-state index contributed by atoms with van der Waals surface area (Å²) in [5, 5.41) is 2.32. The third-order valence-electron chi connectivity index (χ3n) is 7.82. The van der Waals surface area contributed by atoms with Crippen molar-refractivity contribution >= 4 is 33.3 Å². The fraction of sp³-hybridized carbons (Fsp3) is 0.235. The monoisotopic (exact) mass is 486 g/mol. The number of benzene rings is 4. The van der Waals surface area contributed by atoms with Crippen molar-refractivity contribution in [1.82, 2.24) is 0 Å². The Morgan fingerprint density at radius 1 is 0.649 bits per heavy atom. The van der Waals surface area contributed by atoms with Gasteiger partial charge in [0.25, 0.3) is 0 Å². The number of hydrogen-bond acceptors (Lipinski definition) is 3. The standard InChI is InChI=1S/C34H34N2O/c1-21(2)33-25(6)35(29-20-28-27-17-10-11-18-30(27)37-31(28)19-24(29)5)34(32-22(3)13-12-14-23(32)4)36(33)26-15-8-7-9-16-26/h7-21,34H,1-6H3. The van der Waals surface area contributed by atoms with Gasteiger partial charge in [-0.1, -0.05) is 68.4 Å². The Kier molecular flexibility index (Phi) is 5.60. The number of nitrogens with zero attached hydrogens (tertiary/aromatic N) is 2. The predicted molar refractivity (Wildman–Crippen MR) is 156 cm³/mol. The number of aryl methyl sites for hydroxylation is 3. The third-order valence-corrected chi connectivity index (χ3v) is 7.82. The van der Waals surface area contributed by atoms with E-state index in [0.717, 1.165) is 21.9 Å². The first kappa shape index (κ1) is 23.4. The Bertz CT molecular complexity index is 1640. The SMILES string of the molecule is CC1=C(C(C)C)N(c2ccccc2)C(c2c(C)cccc2C)N1c1cc2c(cc1C)oc1ccccc12. The molecule has 0 amide bonds. The maximum Gasteiger partial charge on any atom is 0.137 e. The maximum absolute atomic E-state index is 6.24. The quantitative estimate of drug-likeness (QED) is 0.252. The lowest BCUT2D eigenvalue weighted by Crippen LogP contribution is -2.35. The second kappa shape index (κ2) is 8.85. The summed E-state index contributed by atoms with van der Waals surface area (Å²) in [5.41, 5.74) is 12.1. The van der Waals surface area contributed by atoms with E-state index in [0.29, 0.717) is 5.92 Å². The summed E-state index contributed by atoms with van der Waals surface area (Å²) in [5.74, 6) is 0.357. The summed E-state index contributed by atoms with van der Waals surface area (Å²) in [6.45, 7) is 13.6. The van der Waals surface area contributed by atoms with Crippen LogP contribution in [0.15, 0.2) is 101 Å². The first-order chi connectivity index (χ1) is 17.9. The van der Waals surface area contributed by atoms with Gasteiger partial charge in [0, 0.05) is 39.1 Å². The largest absolute Gasteiger partial charge is 0.456 e. The van der Waals surface area contributed by atoms with Crippen LogP contribution >= 0.6 is 0 Å². The fourth-order valence-corrected chi connectivity index (χ4v) is 6.22. The third kappa shape index (κ3) is 3.64. The first-order valence-corrected chi connectivity index (χ1v) is 13.2. The molecule has 1 atom stereocenters. The van der Waals surface area contributed by atoms with Gasteiger partial charge < -0.3 is 14.2 Å². The Labute approximate surface area is 219 Å². The predicted octanol–water partition coefficient (Wildman–Crippen LogP) is 9.42. The highest BCUT2D eigenvalue weighted by Gasteiger charge is 2.41. The second-order valence-corrected chi connectivity index (χ2v) is 10.6. The smallest absolute Gasteiger partial charge is 0.137 e. The number of anilines is 2. The minimum absolute atomic E-state index is 0.00955. The lowest BCUT2D eigenvalue weighted by Gasteiger charge is -2.38. The highest BCUT2D eigenvalue weighted by atomic mass is 16.3. The molecule has 0 N–H and O–H groups in total. The van der Waals surface area contributed by atoms with E-state index in [2.05, 4.69) is 130 Å². The van der Waals surface area contributed by atoms with Gasteiger partial charge in [0.05, 0.1) is 0 Å². The van der Waals surface area contributed by atoms with Crippen LogP contribution in [0, 0.1) is 26.7 Å². The van der Waals surface area contributed by atoms with Gasteiger partial charge in [-0.2, -0.15) is 0 Å². The van der Waals surface area contributed by atoms with Gasteiger partial charge in [-0.15, -0.1) is 0 Å². The zero-order chi connectivity index (χ0) is 25.8. The molecule has 0 radical (unpaired) electrons. The van der Waals surface area contributed by atoms with Crippen LogP contribution < -0.4 is 9.80 Å². The molecule has 1 aromatic heterocycles. The Morgan fingerprint density at radius 2 is 1.32 bits per heavy atom. The van der Waals surface area contributed by atoms with Gasteiger partial charge in [-0.3, -0.25) is 0 Å². The Balaban J connectivity index is 1.67. The molecule has 1 aliphatic heterocycles. The summed E-state index contributed by atoms with van der Waals surface area (Å²) in [6, 6.07) is 30.4. The van der Waals surface area contributed by atoms with E-state index < -0.39 is 0 Å². The Hall–Kier alpha value is -3.98. The average molecular weight is 487 g/mol. The van der Waals surface area contributed by atoms with Crippen LogP contribution in [0.1, 0.15) is 49.2 Å². The summed E-state index contributed by atoms with van der Waals surface area (Å²) in [7, 11) is 0. The molecule has 4 aromatic carbocycles. The van der Waals surface area contributed by atoms with Crippen LogP contribution in [0.25, 0.3) is 21.9 Å². The normalized spacial score (nSPS) is 16.1. The van der Waals surface area contributed by atoms with Gasteiger partial charge >= 0.3 is 0 Å². The molecule has 2 heterocycles. The van der Waals surface area contributed by atoms with Crippen molar-refractivity contribution in [2.24, 2.45) is 5.92 Å².